The van der Waals surface area contributed by atoms with Crippen LogP contribution in [0.4, 0.5) is 13.2 Å². The standard InChI is InChI=1S/C10H18F3NO3/c1-3-14(4-2)8(16)7-9(17,5-6-15)10(11,12)13/h15,17H,3-7H2,1-2H3. The van der Waals surface area contributed by atoms with E-state index in [4.69, 9.17) is 5.11 Å². The summed E-state index contributed by atoms with van der Waals surface area (Å²) in [5, 5.41) is 18.0. The Hall–Kier alpha value is -0.820. The van der Waals surface area contributed by atoms with E-state index in [-0.39, 0.29) is 13.1 Å². The largest absolute Gasteiger partial charge is 0.417 e. The molecule has 0 rings (SSSR count). The van der Waals surface area contributed by atoms with E-state index in [1.54, 1.807) is 13.8 Å². The summed E-state index contributed by atoms with van der Waals surface area (Å²) in [6, 6.07) is 0. The second kappa shape index (κ2) is 6.20. The molecule has 0 saturated heterocycles. The lowest BCUT2D eigenvalue weighted by molar-refractivity contribution is -0.266. The number of aliphatic hydroxyl groups is 2. The molecule has 17 heavy (non-hydrogen) atoms. The van der Waals surface area contributed by atoms with E-state index in [0.29, 0.717) is 0 Å². The molecule has 0 heterocycles. The Kier molecular flexibility index (Phi) is 5.91. The molecule has 4 nitrogen and oxygen atoms in total. The first-order valence-electron chi connectivity index (χ1n) is 5.39. The highest BCUT2D eigenvalue weighted by Crippen LogP contribution is 2.36. The lowest BCUT2D eigenvalue weighted by atomic mass is 9.94. The van der Waals surface area contributed by atoms with Crippen LogP contribution in [0.3, 0.4) is 0 Å². The summed E-state index contributed by atoms with van der Waals surface area (Å²) in [6.07, 6.45) is -6.89. The van der Waals surface area contributed by atoms with Gasteiger partial charge in [-0.25, -0.2) is 0 Å². The van der Waals surface area contributed by atoms with Crippen molar-refractivity contribution in [2.45, 2.75) is 38.5 Å². The number of amides is 1. The Morgan fingerprint density at radius 2 is 1.71 bits per heavy atom. The van der Waals surface area contributed by atoms with Crippen LogP contribution >= 0.6 is 0 Å². The first kappa shape index (κ1) is 16.2. The molecule has 1 atom stereocenters. The smallest absolute Gasteiger partial charge is 0.396 e. The van der Waals surface area contributed by atoms with Crippen molar-refractivity contribution in [3.63, 3.8) is 0 Å². The van der Waals surface area contributed by atoms with Gasteiger partial charge in [-0.1, -0.05) is 0 Å². The molecular weight excluding hydrogens is 239 g/mol. The summed E-state index contributed by atoms with van der Waals surface area (Å²) < 4.78 is 37.8. The van der Waals surface area contributed by atoms with Gasteiger partial charge in [-0.3, -0.25) is 4.79 Å². The van der Waals surface area contributed by atoms with Crippen LogP contribution in [-0.2, 0) is 4.79 Å². The maximum absolute atomic E-state index is 12.6. The number of halogens is 3. The molecule has 0 aliphatic rings. The van der Waals surface area contributed by atoms with Crippen LogP contribution in [0.25, 0.3) is 0 Å². The second-order valence-corrected chi connectivity index (χ2v) is 3.75. The number of carbonyl (C=O) groups is 1. The van der Waals surface area contributed by atoms with Crippen LogP contribution in [-0.4, -0.2) is 52.5 Å². The van der Waals surface area contributed by atoms with Crippen LogP contribution in [0.1, 0.15) is 26.7 Å². The van der Waals surface area contributed by atoms with Crippen molar-refractivity contribution in [2.75, 3.05) is 19.7 Å². The van der Waals surface area contributed by atoms with Crippen LogP contribution < -0.4 is 0 Å². The Morgan fingerprint density at radius 3 is 2.00 bits per heavy atom. The topological polar surface area (TPSA) is 60.8 Å². The van der Waals surface area contributed by atoms with Crippen molar-refractivity contribution in [1.82, 2.24) is 4.90 Å². The summed E-state index contributed by atoms with van der Waals surface area (Å²) >= 11 is 0. The van der Waals surface area contributed by atoms with Gasteiger partial charge in [0, 0.05) is 26.1 Å². The zero-order valence-electron chi connectivity index (χ0n) is 9.92. The van der Waals surface area contributed by atoms with E-state index < -0.39 is 37.1 Å². The van der Waals surface area contributed by atoms with Crippen LogP contribution in [0.2, 0.25) is 0 Å². The monoisotopic (exact) mass is 257 g/mol. The number of aliphatic hydroxyl groups excluding tert-OH is 1. The predicted molar refractivity (Wildman–Crippen MR) is 55.3 cm³/mol. The minimum atomic E-state index is -4.93. The van der Waals surface area contributed by atoms with Gasteiger partial charge in [-0.05, 0) is 13.8 Å². The van der Waals surface area contributed by atoms with Gasteiger partial charge in [0.2, 0.25) is 5.91 Å². The molecule has 0 radical (unpaired) electrons. The van der Waals surface area contributed by atoms with Crippen LogP contribution in [0, 0.1) is 0 Å². The maximum Gasteiger partial charge on any atom is 0.417 e. The summed E-state index contributed by atoms with van der Waals surface area (Å²) in [5.74, 6) is -0.775. The normalized spacial score (nSPS) is 15.5. The molecule has 2 N–H and O–H groups in total. The molecule has 0 aromatic carbocycles. The molecule has 0 aliphatic carbocycles. The average molecular weight is 257 g/mol. The number of alkyl halides is 3. The minimum absolute atomic E-state index is 0.280. The molecule has 102 valence electrons. The van der Waals surface area contributed by atoms with Gasteiger partial charge in [-0.15, -0.1) is 0 Å². The molecule has 7 heteroatoms. The van der Waals surface area contributed by atoms with Gasteiger partial charge in [0.15, 0.2) is 5.60 Å². The quantitative estimate of drug-likeness (QED) is 0.744. The van der Waals surface area contributed by atoms with E-state index in [9.17, 15) is 23.1 Å². The zero-order chi connectivity index (χ0) is 13.7. The van der Waals surface area contributed by atoms with Gasteiger partial charge >= 0.3 is 6.18 Å². The number of rotatable bonds is 6. The third kappa shape index (κ3) is 4.16. The van der Waals surface area contributed by atoms with Crippen molar-refractivity contribution in [1.29, 1.82) is 0 Å². The van der Waals surface area contributed by atoms with Crippen molar-refractivity contribution in [3.8, 4) is 0 Å². The third-order valence-electron chi connectivity index (χ3n) is 2.61. The van der Waals surface area contributed by atoms with Crippen LogP contribution in [0.15, 0.2) is 0 Å². The van der Waals surface area contributed by atoms with Crippen molar-refractivity contribution >= 4 is 5.91 Å². The van der Waals surface area contributed by atoms with Gasteiger partial charge in [-0.2, -0.15) is 13.2 Å². The molecule has 0 fully saturated rings. The molecule has 0 bridgehead atoms. The fourth-order valence-corrected chi connectivity index (χ4v) is 1.45. The highest BCUT2D eigenvalue weighted by atomic mass is 19.4. The first-order chi connectivity index (χ1) is 7.71. The average Bonchev–Trinajstić information content (AvgIpc) is 2.17. The summed E-state index contributed by atoms with van der Waals surface area (Å²) in [5.41, 5.74) is -3.15. The number of hydrogen-bond donors (Lipinski definition) is 2. The molecular formula is C10H18F3NO3. The highest BCUT2D eigenvalue weighted by Gasteiger charge is 2.54. The fourth-order valence-electron chi connectivity index (χ4n) is 1.45. The van der Waals surface area contributed by atoms with Crippen molar-refractivity contribution in [2.24, 2.45) is 0 Å². The molecule has 0 saturated carbocycles. The minimum Gasteiger partial charge on any atom is -0.396 e. The SMILES string of the molecule is CCN(CC)C(=O)CC(O)(CCO)C(F)(F)F. The lowest BCUT2D eigenvalue weighted by Gasteiger charge is -2.31. The van der Waals surface area contributed by atoms with Crippen LogP contribution in [0.5, 0.6) is 0 Å². The summed E-state index contributed by atoms with van der Waals surface area (Å²) in [4.78, 5) is 12.7. The zero-order valence-corrected chi connectivity index (χ0v) is 9.92. The van der Waals surface area contributed by atoms with E-state index in [1.165, 1.54) is 4.90 Å². The number of nitrogens with zero attached hydrogens (tertiary/aromatic N) is 1. The van der Waals surface area contributed by atoms with E-state index in [0.717, 1.165) is 0 Å². The molecule has 1 unspecified atom stereocenters. The second-order valence-electron chi connectivity index (χ2n) is 3.75. The number of carbonyl (C=O) groups excluding carboxylic acids is 1. The Labute approximate surface area is 98.0 Å². The van der Waals surface area contributed by atoms with E-state index in [1.807, 2.05) is 0 Å². The van der Waals surface area contributed by atoms with Crippen molar-refractivity contribution in [3.05, 3.63) is 0 Å². The van der Waals surface area contributed by atoms with E-state index in [2.05, 4.69) is 0 Å². The Morgan fingerprint density at radius 1 is 1.24 bits per heavy atom. The van der Waals surface area contributed by atoms with Gasteiger partial charge in [0.05, 0.1) is 6.42 Å². The highest BCUT2D eigenvalue weighted by molar-refractivity contribution is 5.77. The van der Waals surface area contributed by atoms with E-state index >= 15 is 0 Å². The molecule has 0 spiro atoms. The molecule has 0 aromatic heterocycles. The Bertz CT molecular complexity index is 254. The molecule has 0 aliphatic heterocycles. The Balaban J connectivity index is 4.83. The lowest BCUT2D eigenvalue weighted by Crippen LogP contribution is -2.50. The fraction of sp³-hybridized carbons (Fsp3) is 0.900. The third-order valence-corrected chi connectivity index (χ3v) is 2.61. The summed E-state index contributed by atoms with van der Waals surface area (Å²) in [7, 11) is 0. The molecule has 0 aromatic rings. The van der Waals surface area contributed by atoms with Gasteiger partial charge in [0.1, 0.15) is 0 Å². The number of hydrogen-bond acceptors (Lipinski definition) is 3. The summed E-state index contributed by atoms with van der Waals surface area (Å²) in [6.45, 7) is 3.01. The maximum atomic E-state index is 12.6. The van der Waals surface area contributed by atoms with Gasteiger partial charge < -0.3 is 15.1 Å². The predicted octanol–water partition coefficient (Wildman–Crippen LogP) is 0.921. The first-order valence-corrected chi connectivity index (χ1v) is 5.39. The van der Waals surface area contributed by atoms with Gasteiger partial charge in [0.25, 0.3) is 0 Å². The van der Waals surface area contributed by atoms with Crippen molar-refractivity contribution < 1.29 is 28.2 Å². The molecule has 1 amide bonds.